The number of benzene rings is 1. The van der Waals surface area contributed by atoms with Gasteiger partial charge >= 0.3 is 13.0 Å². The van der Waals surface area contributed by atoms with E-state index < -0.39 is 17.9 Å². The Kier molecular flexibility index (Phi) is 5.28. The summed E-state index contributed by atoms with van der Waals surface area (Å²) >= 11 is 0. The van der Waals surface area contributed by atoms with Gasteiger partial charge in [0.2, 0.25) is 0 Å². The number of rotatable bonds is 7. The van der Waals surface area contributed by atoms with Crippen molar-refractivity contribution < 1.29 is 24.6 Å². The fourth-order valence-corrected chi connectivity index (χ4v) is 1.35. The van der Waals surface area contributed by atoms with Gasteiger partial charge < -0.3 is 20.1 Å². The molecule has 0 aromatic heterocycles. The Bertz CT molecular complexity index is 479. The molecule has 3 N–H and O–H groups in total. The summed E-state index contributed by atoms with van der Waals surface area (Å²) in [5.74, 6) is -1.30. The summed E-state index contributed by atoms with van der Waals surface area (Å²) < 4.78 is 5.18. The quantitative estimate of drug-likeness (QED) is 0.282. The fourth-order valence-electron chi connectivity index (χ4n) is 1.35. The number of hydrogen-bond donors (Lipinski definition) is 3. The molecule has 8 nitrogen and oxygen atoms in total. The molecule has 0 unspecified atom stereocenters. The molecule has 0 bridgehead atoms. The lowest BCUT2D eigenvalue weighted by atomic mass is 9.89. The molecule has 0 fully saturated rings. The predicted octanol–water partition coefficient (Wildman–Crippen LogP) is 0.372. The largest absolute Gasteiger partial charge is 0.491 e. The highest BCUT2D eigenvalue weighted by atomic mass is 16.6. The Morgan fingerprint density at radius 1 is 1.58 bits per heavy atom. The second-order valence-electron chi connectivity index (χ2n) is 3.72. The smallest absolute Gasteiger partial charge is 0.373 e. The second-order valence-corrected chi connectivity index (χ2v) is 3.72. The molecule has 1 aromatic rings. The summed E-state index contributed by atoms with van der Waals surface area (Å²) in [6.45, 7) is 1.88. The number of nitro benzene ring substituents is 1. The van der Waals surface area contributed by atoms with Crippen LogP contribution in [0.15, 0.2) is 18.2 Å². The summed E-state index contributed by atoms with van der Waals surface area (Å²) in [5, 5.41) is 31.2. The van der Waals surface area contributed by atoms with E-state index in [1.807, 2.05) is 0 Å². The van der Waals surface area contributed by atoms with Crippen molar-refractivity contribution in [1.82, 2.24) is 5.23 Å². The molecule has 0 amide bonds. The molecular formula is C10H13BN2O6. The van der Waals surface area contributed by atoms with Crippen molar-refractivity contribution in [3.05, 3.63) is 33.9 Å². The summed E-state index contributed by atoms with van der Waals surface area (Å²) in [4.78, 5) is 20.9. The van der Waals surface area contributed by atoms with E-state index in [2.05, 4.69) is 5.23 Å². The molecule has 19 heavy (non-hydrogen) atoms. The Morgan fingerprint density at radius 2 is 2.26 bits per heavy atom. The molecule has 0 heterocycles. The maximum Gasteiger partial charge on any atom is 0.373 e. The van der Waals surface area contributed by atoms with Crippen LogP contribution in [0, 0.1) is 10.1 Å². The van der Waals surface area contributed by atoms with Crippen LogP contribution in [-0.4, -0.2) is 41.2 Å². The van der Waals surface area contributed by atoms with Gasteiger partial charge in [-0.15, -0.1) is 0 Å². The number of hydrogen-bond acceptors (Lipinski definition) is 6. The first-order valence-corrected chi connectivity index (χ1v) is 5.48. The van der Waals surface area contributed by atoms with Gasteiger partial charge in [0.1, 0.15) is 11.3 Å². The third kappa shape index (κ3) is 4.56. The van der Waals surface area contributed by atoms with Gasteiger partial charge in [-0.2, -0.15) is 0 Å². The van der Waals surface area contributed by atoms with Gasteiger partial charge in [0.15, 0.2) is 0 Å². The van der Waals surface area contributed by atoms with Gasteiger partial charge in [0.05, 0.1) is 17.6 Å². The minimum absolute atomic E-state index is 0.0749. The van der Waals surface area contributed by atoms with E-state index in [1.165, 1.54) is 6.82 Å². The Labute approximate surface area is 109 Å². The SMILES string of the molecule is CB(O)NCCOc1cc([N+](=O)[O-])ccc1C(=O)O. The monoisotopic (exact) mass is 268 g/mol. The number of aromatic carboxylic acids is 1. The van der Waals surface area contributed by atoms with Gasteiger partial charge in [0.25, 0.3) is 5.69 Å². The van der Waals surface area contributed by atoms with E-state index in [1.54, 1.807) is 0 Å². The number of carboxylic acids is 1. The van der Waals surface area contributed by atoms with Crippen molar-refractivity contribution in [2.45, 2.75) is 6.82 Å². The van der Waals surface area contributed by atoms with Crippen LogP contribution in [0.5, 0.6) is 5.75 Å². The van der Waals surface area contributed by atoms with E-state index in [4.69, 9.17) is 14.9 Å². The lowest BCUT2D eigenvalue weighted by Crippen LogP contribution is -2.34. The molecule has 0 saturated carbocycles. The Balaban J connectivity index is 2.80. The molecule has 1 rings (SSSR count). The van der Waals surface area contributed by atoms with Crippen LogP contribution in [-0.2, 0) is 0 Å². The van der Waals surface area contributed by atoms with Gasteiger partial charge in [-0.05, 0) is 12.9 Å². The van der Waals surface area contributed by atoms with Gasteiger partial charge in [0, 0.05) is 12.6 Å². The number of nitro groups is 1. The first-order valence-electron chi connectivity index (χ1n) is 5.48. The van der Waals surface area contributed by atoms with E-state index in [9.17, 15) is 14.9 Å². The van der Waals surface area contributed by atoms with Crippen LogP contribution >= 0.6 is 0 Å². The van der Waals surface area contributed by atoms with Crippen LogP contribution < -0.4 is 9.96 Å². The normalized spacial score (nSPS) is 10.0. The number of nitrogens with one attached hydrogen (secondary N) is 1. The van der Waals surface area contributed by atoms with Crippen LogP contribution in [0.2, 0.25) is 6.82 Å². The minimum atomic E-state index is -1.23. The molecular weight excluding hydrogens is 255 g/mol. The Hall–Kier alpha value is -2.13. The molecule has 9 heteroatoms. The predicted molar refractivity (Wildman–Crippen MR) is 67.4 cm³/mol. The first-order chi connectivity index (χ1) is 8.91. The average Bonchev–Trinajstić information content (AvgIpc) is 2.33. The molecule has 0 saturated heterocycles. The van der Waals surface area contributed by atoms with E-state index in [-0.39, 0.29) is 30.2 Å². The molecule has 0 spiro atoms. The number of carboxylic acid groups (broad SMARTS) is 1. The summed E-state index contributed by atoms with van der Waals surface area (Å²) in [6, 6.07) is 3.29. The zero-order valence-electron chi connectivity index (χ0n) is 10.2. The fraction of sp³-hybridized carbons (Fsp3) is 0.300. The lowest BCUT2D eigenvalue weighted by molar-refractivity contribution is -0.384. The molecule has 1 aromatic carbocycles. The molecule has 0 aliphatic carbocycles. The summed E-state index contributed by atoms with van der Waals surface area (Å²) in [7, 11) is -0.715. The van der Waals surface area contributed by atoms with Crippen molar-refractivity contribution in [3.63, 3.8) is 0 Å². The molecule has 0 atom stereocenters. The summed E-state index contributed by atoms with van der Waals surface area (Å²) in [5.41, 5.74) is -0.397. The third-order valence-electron chi connectivity index (χ3n) is 2.21. The zero-order valence-corrected chi connectivity index (χ0v) is 10.2. The van der Waals surface area contributed by atoms with Crippen LogP contribution in [0.4, 0.5) is 5.69 Å². The maximum atomic E-state index is 10.9. The van der Waals surface area contributed by atoms with E-state index >= 15 is 0 Å². The van der Waals surface area contributed by atoms with Crippen LogP contribution in [0.25, 0.3) is 0 Å². The number of nitrogens with zero attached hydrogens (tertiary/aromatic N) is 1. The first kappa shape index (κ1) is 14.9. The lowest BCUT2D eigenvalue weighted by Gasteiger charge is -2.09. The number of non-ortho nitro benzene ring substituents is 1. The highest BCUT2D eigenvalue weighted by Gasteiger charge is 2.16. The molecule has 0 radical (unpaired) electrons. The maximum absolute atomic E-state index is 10.9. The molecule has 102 valence electrons. The molecule has 0 aliphatic heterocycles. The minimum Gasteiger partial charge on any atom is -0.491 e. The highest BCUT2D eigenvalue weighted by molar-refractivity contribution is 6.45. The van der Waals surface area contributed by atoms with Crippen molar-refractivity contribution in [1.29, 1.82) is 0 Å². The average molecular weight is 268 g/mol. The van der Waals surface area contributed by atoms with Gasteiger partial charge in [-0.1, -0.05) is 0 Å². The van der Waals surface area contributed by atoms with Gasteiger partial charge in [-0.3, -0.25) is 10.1 Å². The van der Waals surface area contributed by atoms with Crippen molar-refractivity contribution in [2.75, 3.05) is 13.2 Å². The topological polar surface area (TPSA) is 122 Å². The third-order valence-corrected chi connectivity index (χ3v) is 2.21. The van der Waals surface area contributed by atoms with Crippen molar-refractivity contribution >= 4 is 18.7 Å². The van der Waals surface area contributed by atoms with Crippen LogP contribution in [0.3, 0.4) is 0 Å². The highest BCUT2D eigenvalue weighted by Crippen LogP contribution is 2.24. The Morgan fingerprint density at radius 3 is 2.79 bits per heavy atom. The van der Waals surface area contributed by atoms with Crippen molar-refractivity contribution in [2.24, 2.45) is 0 Å². The summed E-state index contributed by atoms with van der Waals surface area (Å²) in [6.07, 6.45) is 0. The van der Waals surface area contributed by atoms with E-state index in [0.717, 1.165) is 18.2 Å². The van der Waals surface area contributed by atoms with E-state index in [0.29, 0.717) is 0 Å². The van der Waals surface area contributed by atoms with Crippen LogP contribution in [0.1, 0.15) is 10.4 Å². The molecule has 0 aliphatic rings. The van der Waals surface area contributed by atoms with Gasteiger partial charge in [-0.25, -0.2) is 4.79 Å². The standard InChI is InChI=1S/C10H13BN2O6/c1-11(16)12-4-5-19-9-6-7(13(17)18)2-3-8(9)10(14)15/h2-3,6,12,16H,4-5H2,1H3,(H,14,15). The van der Waals surface area contributed by atoms with Crippen molar-refractivity contribution in [3.8, 4) is 5.75 Å². The number of ether oxygens (including phenoxy) is 1. The zero-order chi connectivity index (χ0) is 14.4. The number of carbonyl (C=O) groups is 1. The second kappa shape index (κ2) is 6.71.